The van der Waals surface area contributed by atoms with Gasteiger partial charge in [0.05, 0.1) is 25.2 Å². The van der Waals surface area contributed by atoms with E-state index < -0.39 is 10.0 Å². The van der Waals surface area contributed by atoms with Crippen LogP contribution in [0.15, 0.2) is 77.7 Å². The van der Waals surface area contributed by atoms with Gasteiger partial charge in [-0.25, -0.2) is 8.42 Å². The number of carbonyl (C=O) groups is 1. The Balaban J connectivity index is 1.78. The van der Waals surface area contributed by atoms with E-state index in [9.17, 15) is 13.2 Å². The van der Waals surface area contributed by atoms with Crippen LogP contribution < -0.4 is 19.5 Å². The first kappa shape index (κ1) is 22.2. The summed E-state index contributed by atoms with van der Waals surface area (Å²) in [7, 11) is -0.627. The van der Waals surface area contributed by atoms with Crippen LogP contribution in [0.4, 0.5) is 5.69 Å². The Labute approximate surface area is 182 Å². The predicted octanol–water partition coefficient (Wildman–Crippen LogP) is 4.00. The van der Waals surface area contributed by atoms with Crippen LogP contribution in [-0.2, 0) is 10.0 Å². The van der Waals surface area contributed by atoms with Gasteiger partial charge < -0.3 is 14.8 Å². The van der Waals surface area contributed by atoms with E-state index in [0.717, 1.165) is 5.56 Å². The molecule has 0 saturated heterocycles. The molecule has 0 fully saturated rings. The average Bonchev–Trinajstić information content (AvgIpc) is 2.79. The quantitative estimate of drug-likeness (QED) is 0.552. The zero-order valence-electron chi connectivity index (χ0n) is 17.5. The Bertz CT molecular complexity index is 1160. The number of anilines is 1. The van der Waals surface area contributed by atoms with E-state index in [4.69, 9.17) is 9.47 Å². The third-order valence-electron chi connectivity index (χ3n) is 4.68. The van der Waals surface area contributed by atoms with Gasteiger partial charge in [0.2, 0.25) is 0 Å². The van der Waals surface area contributed by atoms with Crippen molar-refractivity contribution in [3.63, 3.8) is 0 Å². The van der Waals surface area contributed by atoms with E-state index in [1.807, 2.05) is 6.92 Å². The zero-order valence-corrected chi connectivity index (χ0v) is 18.3. The third-order valence-corrected chi connectivity index (χ3v) is 6.08. The van der Waals surface area contributed by atoms with Crippen molar-refractivity contribution < 1.29 is 22.7 Å². The van der Waals surface area contributed by atoms with Crippen LogP contribution >= 0.6 is 0 Å². The number of nitrogens with one attached hydrogen (secondary N) is 2. The first-order valence-electron chi connectivity index (χ1n) is 9.55. The fraction of sp³-hybridized carbons (Fsp3) is 0.174. The second-order valence-corrected chi connectivity index (χ2v) is 8.48. The highest BCUT2D eigenvalue weighted by Gasteiger charge is 2.18. The smallest absolute Gasteiger partial charge is 0.261 e. The standard InChI is InChI=1S/C23H24N2O5S/c1-16(21-15-19(29-2)12-13-22(21)30-3)24-23(26)17-8-7-9-18(14-17)25-31(27,28)20-10-5-4-6-11-20/h4-16,25H,1-3H3,(H,24,26). The number of methoxy groups -OCH3 is 2. The largest absolute Gasteiger partial charge is 0.497 e. The van der Waals surface area contributed by atoms with E-state index in [1.54, 1.807) is 68.8 Å². The number of hydrogen-bond donors (Lipinski definition) is 2. The van der Waals surface area contributed by atoms with Crippen molar-refractivity contribution in [3.05, 3.63) is 83.9 Å². The second-order valence-electron chi connectivity index (χ2n) is 6.80. The van der Waals surface area contributed by atoms with Crippen molar-refractivity contribution in [3.8, 4) is 11.5 Å². The summed E-state index contributed by atoms with van der Waals surface area (Å²) in [5.74, 6) is 0.922. The molecule has 2 N–H and O–H groups in total. The summed E-state index contributed by atoms with van der Waals surface area (Å²) >= 11 is 0. The lowest BCUT2D eigenvalue weighted by Gasteiger charge is -2.18. The van der Waals surface area contributed by atoms with Gasteiger partial charge in [0.15, 0.2) is 0 Å². The molecule has 0 saturated carbocycles. The van der Waals surface area contributed by atoms with Gasteiger partial charge in [-0.05, 0) is 55.5 Å². The number of amides is 1. The van der Waals surface area contributed by atoms with Crippen LogP contribution in [0, 0.1) is 0 Å². The third kappa shape index (κ3) is 5.35. The van der Waals surface area contributed by atoms with Crippen molar-refractivity contribution in [1.82, 2.24) is 5.32 Å². The van der Waals surface area contributed by atoms with Gasteiger partial charge in [0, 0.05) is 16.8 Å². The molecule has 0 aromatic heterocycles. The molecule has 1 unspecified atom stereocenters. The molecule has 0 aliphatic carbocycles. The topological polar surface area (TPSA) is 93.7 Å². The van der Waals surface area contributed by atoms with Crippen molar-refractivity contribution in [1.29, 1.82) is 0 Å². The van der Waals surface area contributed by atoms with Crippen LogP contribution in [-0.4, -0.2) is 28.5 Å². The Morgan fingerprint density at radius 2 is 1.65 bits per heavy atom. The number of ether oxygens (including phenoxy) is 2. The summed E-state index contributed by atoms with van der Waals surface area (Å²) in [5.41, 5.74) is 1.38. The van der Waals surface area contributed by atoms with Crippen LogP contribution in [0.3, 0.4) is 0 Å². The maximum atomic E-state index is 12.8. The van der Waals surface area contributed by atoms with Crippen LogP contribution in [0.2, 0.25) is 0 Å². The lowest BCUT2D eigenvalue weighted by atomic mass is 10.1. The Morgan fingerprint density at radius 3 is 2.32 bits per heavy atom. The number of sulfonamides is 1. The number of carbonyl (C=O) groups excluding carboxylic acids is 1. The first-order valence-corrected chi connectivity index (χ1v) is 11.0. The molecule has 1 amide bonds. The molecular formula is C23H24N2O5S. The van der Waals surface area contributed by atoms with E-state index >= 15 is 0 Å². The molecule has 3 rings (SSSR count). The molecule has 0 aliphatic heterocycles. The van der Waals surface area contributed by atoms with Gasteiger partial charge in [-0.3, -0.25) is 9.52 Å². The predicted molar refractivity (Wildman–Crippen MR) is 119 cm³/mol. The van der Waals surface area contributed by atoms with Crippen molar-refractivity contribution in [2.45, 2.75) is 17.9 Å². The molecule has 0 radical (unpaired) electrons. The summed E-state index contributed by atoms with van der Waals surface area (Å²) in [6, 6.07) is 19.3. The number of rotatable bonds is 8. The fourth-order valence-corrected chi connectivity index (χ4v) is 4.14. The average molecular weight is 441 g/mol. The Morgan fingerprint density at radius 1 is 0.903 bits per heavy atom. The number of hydrogen-bond acceptors (Lipinski definition) is 5. The highest BCUT2D eigenvalue weighted by Crippen LogP contribution is 2.29. The van der Waals surface area contributed by atoms with E-state index in [-0.39, 0.29) is 16.8 Å². The van der Waals surface area contributed by atoms with E-state index in [1.165, 1.54) is 18.2 Å². The normalized spacial score (nSPS) is 12.0. The molecule has 3 aromatic carbocycles. The molecule has 0 bridgehead atoms. The summed E-state index contributed by atoms with van der Waals surface area (Å²) in [4.78, 5) is 13.0. The lowest BCUT2D eigenvalue weighted by Crippen LogP contribution is -2.27. The minimum atomic E-state index is -3.75. The van der Waals surface area contributed by atoms with Crippen molar-refractivity contribution >= 4 is 21.6 Å². The highest BCUT2D eigenvalue weighted by atomic mass is 32.2. The van der Waals surface area contributed by atoms with Gasteiger partial charge in [0.1, 0.15) is 11.5 Å². The van der Waals surface area contributed by atoms with E-state index in [2.05, 4.69) is 10.0 Å². The SMILES string of the molecule is COc1ccc(OC)c(C(C)NC(=O)c2cccc(NS(=O)(=O)c3ccccc3)c2)c1. The second kappa shape index (κ2) is 9.53. The lowest BCUT2D eigenvalue weighted by molar-refractivity contribution is 0.0939. The van der Waals surface area contributed by atoms with Gasteiger partial charge >= 0.3 is 0 Å². The first-order chi connectivity index (χ1) is 14.8. The summed E-state index contributed by atoms with van der Waals surface area (Å²) in [6.45, 7) is 1.83. The summed E-state index contributed by atoms with van der Waals surface area (Å²) in [6.07, 6.45) is 0. The fourth-order valence-electron chi connectivity index (χ4n) is 3.07. The van der Waals surface area contributed by atoms with Gasteiger partial charge in [-0.15, -0.1) is 0 Å². The monoisotopic (exact) mass is 440 g/mol. The molecular weight excluding hydrogens is 416 g/mol. The molecule has 3 aromatic rings. The minimum absolute atomic E-state index is 0.142. The maximum absolute atomic E-state index is 12.8. The molecule has 31 heavy (non-hydrogen) atoms. The van der Waals surface area contributed by atoms with Crippen molar-refractivity contribution in [2.75, 3.05) is 18.9 Å². The molecule has 0 aliphatic rings. The number of benzene rings is 3. The van der Waals surface area contributed by atoms with Gasteiger partial charge in [-0.1, -0.05) is 24.3 Å². The molecule has 0 spiro atoms. The zero-order chi connectivity index (χ0) is 22.4. The van der Waals surface area contributed by atoms with Gasteiger partial charge in [0.25, 0.3) is 15.9 Å². The summed E-state index contributed by atoms with van der Waals surface area (Å²) < 4.78 is 38.2. The maximum Gasteiger partial charge on any atom is 0.261 e. The Kier molecular flexibility index (Phi) is 6.81. The van der Waals surface area contributed by atoms with E-state index in [0.29, 0.717) is 22.7 Å². The Hall–Kier alpha value is -3.52. The molecule has 8 heteroatoms. The van der Waals surface area contributed by atoms with Crippen LogP contribution in [0.1, 0.15) is 28.9 Å². The molecule has 7 nitrogen and oxygen atoms in total. The minimum Gasteiger partial charge on any atom is -0.497 e. The van der Waals surface area contributed by atoms with Crippen molar-refractivity contribution in [2.24, 2.45) is 0 Å². The van der Waals surface area contributed by atoms with Crippen LogP contribution in [0.5, 0.6) is 11.5 Å². The van der Waals surface area contributed by atoms with Crippen LogP contribution in [0.25, 0.3) is 0 Å². The molecule has 0 heterocycles. The van der Waals surface area contributed by atoms with Gasteiger partial charge in [-0.2, -0.15) is 0 Å². The molecule has 1 atom stereocenters. The summed E-state index contributed by atoms with van der Waals surface area (Å²) in [5, 5.41) is 2.91. The molecule has 162 valence electrons. The highest BCUT2D eigenvalue weighted by molar-refractivity contribution is 7.92.